The van der Waals surface area contributed by atoms with Crippen molar-refractivity contribution >= 4 is 21.7 Å². The highest BCUT2D eigenvalue weighted by atomic mass is 16.5. The summed E-state index contributed by atoms with van der Waals surface area (Å²) in [5.74, 6) is 3.59. The minimum Gasteiger partial charge on any atom is -0.457 e. The van der Waals surface area contributed by atoms with Gasteiger partial charge in [0.1, 0.15) is 11.5 Å². The van der Waals surface area contributed by atoms with Crippen molar-refractivity contribution in [2.24, 2.45) is 0 Å². The second kappa shape index (κ2) is 14.3. The number of pyridine rings is 1. The average Bonchev–Trinajstić information content (AvgIpc) is 3.66. The summed E-state index contributed by atoms with van der Waals surface area (Å²) < 4.78 is 6.95. The predicted molar refractivity (Wildman–Crippen MR) is 257 cm³/mol. The molecule has 0 amide bonds. The predicted octanol–water partition coefficient (Wildman–Crippen LogP) is 14.4. The summed E-state index contributed by atoms with van der Waals surface area (Å²) in [6.45, 7) is 0. The molecule has 13 rings (SSSR count). The van der Waals surface area contributed by atoms with E-state index < -0.39 is 5.41 Å². The Kier molecular flexibility index (Phi) is 8.06. The fourth-order valence-corrected chi connectivity index (χ4v) is 10.1. The van der Waals surface area contributed by atoms with Gasteiger partial charge in [-0.25, -0.2) is 19.9 Å². The van der Waals surface area contributed by atoms with Crippen LogP contribution in [-0.4, -0.2) is 19.9 Å². The van der Waals surface area contributed by atoms with Gasteiger partial charge in [0, 0.05) is 44.2 Å². The van der Waals surface area contributed by atoms with Crippen LogP contribution in [0, 0.1) is 0 Å². The van der Waals surface area contributed by atoms with Gasteiger partial charge in [0.15, 0.2) is 17.5 Å². The summed E-state index contributed by atoms with van der Waals surface area (Å²) in [5, 5.41) is 3.24. The zero-order chi connectivity index (χ0) is 42.2. The number of benzene rings is 9. The molecule has 0 fully saturated rings. The van der Waals surface area contributed by atoms with Gasteiger partial charge in [-0.1, -0.05) is 188 Å². The Hall–Kier alpha value is -8.54. The Morgan fingerprint density at radius 1 is 0.297 bits per heavy atom. The highest BCUT2D eigenvalue weighted by molar-refractivity contribution is 6.13. The lowest BCUT2D eigenvalue weighted by Gasteiger charge is -2.39. The van der Waals surface area contributed by atoms with Crippen LogP contribution >= 0.6 is 0 Å². The van der Waals surface area contributed by atoms with Gasteiger partial charge in [-0.15, -0.1) is 0 Å². The zero-order valence-corrected chi connectivity index (χ0v) is 34.5. The summed E-state index contributed by atoms with van der Waals surface area (Å²) in [6, 6.07) is 76.7. The van der Waals surface area contributed by atoms with Crippen LogP contribution in [0.3, 0.4) is 0 Å². The molecule has 2 aliphatic rings. The maximum atomic E-state index is 6.95. The summed E-state index contributed by atoms with van der Waals surface area (Å²) in [6.07, 6.45) is 0. The first-order valence-corrected chi connectivity index (χ1v) is 21.6. The van der Waals surface area contributed by atoms with Crippen molar-refractivity contribution < 1.29 is 4.74 Å². The van der Waals surface area contributed by atoms with Crippen molar-refractivity contribution in [1.82, 2.24) is 19.9 Å². The van der Waals surface area contributed by atoms with Gasteiger partial charge >= 0.3 is 0 Å². The average molecular weight is 817 g/mol. The molecule has 11 aromatic rings. The number of aromatic nitrogens is 4. The van der Waals surface area contributed by atoms with E-state index in [1.807, 2.05) is 60.7 Å². The van der Waals surface area contributed by atoms with E-state index in [1.165, 1.54) is 22.3 Å². The Bertz CT molecular complexity index is 3540. The van der Waals surface area contributed by atoms with E-state index in [0.29, 0.717) is 17.5 Å². The minimum absolute atomic E-state index is 0.579. The van der Waals surface area contributed by atoms with Crippen molar-refractivity contribution in [1.29, 1.82) is 0 Å². The number of fused-ring (bicyclic) bond motifs is 12. The fourth-order valence-electron chi connectivity index (χ4n) is 10.1. The molecule has 1 aliphatic carbocycles. The van der Waals surface area contributed by atoms with E-state index in [-0.39, 0.29) is 0 Å². The molecule has 1 aliphatic heterocycles. The maximum absolute atomic E-state index is 6.95. The van der Waals surface area contributed by atoms with Crippen LogP contribution in [-0.2, 0) is 5.41 Å². The molecule has 0 unspecified atom stereocenters. The Balaban J connectivity index is 1.02. The van der Waals surface area contributed by atoms with Crippen LogP contribution in [0.4, 0.5) is 0 Å². The van der Waals surface area contributed by atoms with Gasteiger partial charge in [-0.2, -0.15) is 0 Å². The first kappa shape index (κ1) is 36.1. The van der Waals surface area contributed by atoms with E-state index in [4.69, 9.17) is 24.7 Å². The SMILES string of the molecule is c1ccc(-c2nc(-c3ccccc3)nc(-c3cccc(-c4ccc5c(c4)nc(-c4ccccc4)c4cc6c(cc45)C4(c5ccccc5O6)c5ccccc5-c5ccccc54)c3)n2)cc1. The summed E-state index contributed by atoms with van der Waals surface area (Å²) >= 11 is 0. The van der Waals surface area contributed by atoms with Crippen molar-refractivity contribution in [3.63, 3.8) is 0 Å². The standard InChI is InChI=1S/C59H36N4O/c1-4-17-37(18-5-1)55-47-36-54-51(59(50-29-14-15-30-53(50)64-54)48-27-12-10-25-43(48)44-26-11-13-28-49(44)59)35-46(47)45-32-31-41(34-52(45)60-55)40-23-16-24-42(33-40)58-62-56(38-19-6-2-7-20-38)61-57(63-58)39-21-8-3-9-22-39/h1-36H. The molecule has 64 heavy (non-hydrogen) atoms. The van der Waals surface area contributed by atoms with Gasteiger partial charge < -0.3 is 4.74 Å². The van der Waals surface area contributed by atoms with E-state index in [9.17, 15) is 0 Å². The second-order valence-corrected chi connectivity index (χ2v) is 16.5. The highest BCUT2D eigenvalue weighted by Gasteiger charge is 2.51. The second-order valence-electron chi connectivity index (χ2n) is 16.5. The first-order chi connectivity index (χ1) is 31.7. The number of hydrogen-bond acceptors (Lipinski definition) is 5. The third-order valence-electron chi connectivity index (χ3n) is 13.0. The molecule has 2 aromatic heterocycles. The molecular weight excluding hydrogens is 781 g/mol. The first-order valence-electron chi connectivity index (χ1n) is 21.6. The monoisotopic (exact) mass is 816 g/mol. The Labute approximate surface area is 370 Å². The quantitative estimate of drug-likeness (QED) is 0.162. The lowest BCUT2D eigenvalue weighted by molar-refractivity contribution is 0.437. The van der Waals surface area contributed by atoms with Gasteiger partial charge in [0.25, 0.3) is 0 Å². The molecule has 0 saturated carbocycles. The molecule has 9 aromatic carbocycles. The molecule has 3 heterocycles. The van der Waals surface area contributed by atoms with Crippen LogP contribution in [0.25, 0.3) is 89.4 Å². The summed E-state index contributed by atoms with van der Waals surface area (Å²) in [4.78, 5) is 20.5. The fraction of sp³-hybridized carbons (Fsp3) is 0.0169. The van der Waals surface area contributed by atoms with E-state index in [2.05, 4.69) is 158 Å². The van der Waals surface area contributed by atoms with Gasteiger partial charge in [-0.3, -0.25) is 0 Å². The third kappa shape index (κ3) is 5.51. The minimum atomic E-state index is -0.579. The van der Waals surface area contributed by atoms with Crippen LogP contribution in [0.1, 0.15) is 22.3 Å². The Morgan fingerprint density at radius 2 is 0.812 bits per heavy atom. The molecule has 0 bridgehead atoms. The molecule has 5 heteroatoms. The summed E-state index contributed by atoms with van der Waals surface area (Å²) in [7, 11) is 0. The molecule has 5 nitrogen and oxygen atoms in total. The molecule has 1 spiro atoms. The highest BCUT2D eigenvalue weighted by Crippen LogP contribution is 2.62. The van der Waals surface area contributed by atoms with Crippen LogP contribution in [0.5, 0.6) is 11.5 Å². The largest absolute Gasteiger partial charge is 0.457 e. The molecule has 0 saturated heterocycles. The number of para-hydroxylation sites is 1. The third-order valence-corrected chi connectivity index (χ3v) is 13.0. The molecular formula is C59H36N4O. The van der Waals surface area contributed by atoms with Crippen LogP contribution in [0.15, 0.2) is 218 Å². The zero-order valence-electron chi connectivity index (χ0n) is 34.5. The maximum Gasteiger partial charge on any atom is 0.164 e. The van der Waals surface area contributed by atoms with Crippen molar-refractivity contribution in [3.8, 4) is 79.2 Å². The van der Waals surface area contributed by atoms with E-state index in [1.54, 1.807) is 0 Å². The smallest absolute Gasteiger partial charge is 0.164 e. The van der Waals surface area contributed by atoms with E-state index in [0.717, 1.165) is 83.4 Å². The van der Waals surface area contributed by atoms with Gasteiger partial charge in [-0.05, 0) is 69.1 Å². The van der Waals surface area contributed by atoms with Crippen molar-refractivity contribution in [2.45, 2.75) is 5.41 Å². The number of ether oxygens (including phenoxy) is 1. The lowest BCUT2D eigenvalue weighted by atomic mass is 9.65. The summed E-state index contributed by atoms with van der Waals surface area (Å²) in [5.41, 5.74) is 14.5. The molecule has 298 valence electrons. The molecule has 0 radical (unpaired) electrons. The number of rotatable bonds is 5. The van der Waals surface area contributed by atoms with Gasteiger partial charge in [0.05, 0.1) is 16.6 Å². The molecule has 0 N–H and O–H groups in total. The topological polar surface area (TPSA) is 60.8 Å². The number of hydrogen-bond donors (Lipinski definition) is 0. The van der Waals surface area contributed by atoms with Crippen LogP contribution < -0.4 is 4.74 Å². The van der Waals surface area contributed by atoms with Crippen LogP contribution in [0.2, 0.25) is 0 Å². The van der Waals surface area contributed by atoms with Gasteiger partial charge in [0.2, 0.25) is 0 Å². The molecule has 0 atom stereocenters. The van der Waals surface area contributed by atoms with E-state index >= 15 is 0 Å². The number of nitrogens with zero attached hydrogens (tertiary/aromatic N) is 4. The lowest BCUT2D eigenvalue weighted by Crippen LogP contribution is -2.32. The Morgan fingerprint density at radius 3 is 1.47 bits per heavy atom. The normalized spacial score (nSPS) is 12.9. The van der Waals surface area contributed by atoms with Crippen molar-refractivity contribution in [3.05, 3.63) is 241 Å². The van der Waals surface area contributed by atoms with Crippen molar-refractivity contribution in [2.75, 3.05) is 0 Å².